The number of rotatable bonds is 6. The minimum atomic E-state index is -0.854. The van der Waals surface area contributed by atoms with E-state index in [1.807, 2.05) is 12.1 Å². The monoisotopic (exact) mass is 501 g/mol. The Morgan fingerprint density at radius 3 is 2.80 bits per heavy atom. The van der Waals surface area contributed by atoms with Gasteiger partial charge in [0.1, 0.15) is 5.82 Å². The van der Waals surface area contributed by atoms with Crippen molar-refractivity contribution < 1.29 is 14.0 Å². The molecule has 0 saturated carbocycles. The van der Waals surface area contributed by atoms with Crippen LogP contribution in [0, 0.1) is 5.95 Å². The number of imidazole rings is 1. The Labute approximate surface area is 207 Å². The third-order valence-corrected chi connectivity index (χ3v) is 6.56. The maximum atomic E-state index is 14.7. The lowest BCUT2D eigenvalue weighted by atomic mass is 9.86. The Morgan fingerprint density at radius 1 is 1.37 bits per heavy atom. The van der Waals surface area contributed by atoms with Crippen molar-refractivity contribution in [2.75, 3.05) is 18.4 Å². The number of amides is 2. The molecule has 3 N–H and O–H groups in total. The normalized spacial score (nSPS) is 16.1. The van der Waals surface area contributed by atoms with Gasteiger partial charge in [-0.3, -0.25) is 14.7 Å². The van der Waals surface area contributed by atoms with Gasteiger partial charge >= 0.3 is 0 Å². The van der Waals surface area contributed by atoms with Crippen LogP contribution in [-0.4, -0.2) is 55.6 Å². The number of hydrogen-bond acceptors (Lipinski definition) is 5. The fraction of sp³-hybridized carbons (Fsp3) is 0.417. The molecule has 1 saturated heterocycles. The first-order chi connectivity index (χ1) is 16.5. The van der Waals surface area contributed by atoms with E-state index >= 15 is 0 Å². The second-order valence-corrected chi connectivity index (χ2v) is 10.1. The van der Waals surface area contributed by atoms with Crippen molar-refractivity contribution in [3.8, 4) is 0 Å². The van der Waals surface area contributed by atoms with Gasteiger partial charge in [0, 0.05) is 36.6 Å². The average Bonchev–Trinajstić information content (AvgIpc) is 3.48. The van der Waals surface area contributed by atoms with Gasteiger partial charge in [-0.1, -0.05) is 39.0 Å². The van der Waals surface area contributed by atoms with E-state index < -0.39 is 11.9 Å². The summed E-state index contributed by atoms with van der Waals surface area (Å²) < 4.78 is 16.1. The number of likely N-dealkylation sites (tertiary alicyclic amines) is 1. The molecule has 0 radical (unpaired) electrons. The first kappa shape index (κ1) is 24.7. The molecule has 3 aromatic rings. The number of benzene rings is 1. The number of hydrogen-bond donors (Lipinski definition) is 3. The number of carbonyl (C=O) groups is 2. The molecule has 186 valence electrons. The molecule has 3 heterocycles. The molecule has 9 nitrogen and oxygen atoms in total. The first-order valence-corrected chi connectivity index (χ1v) is 11.7. The SMILES string of the molecule is C=CC(=O)N1CCC(NC(=O)c2c(F)nc(CNc3n[nH]c4cc(Cl)c(C(C)(C)C)cc34)n2C)C1. The quantitative estimate of drug-likeness (QED) is 0.448. The van der Waals surface area contributed by atoms with Crippen LogP contribution in [-0.2, 0) is 23.8 Å². The van der Waals surface area contributed by atoms with Gasteiger partial charge in [-0.25, -0.2) is 4.98 Å². The largest absolute Gasteiger partial charge is 0.361 e. The number of fused-ring (bicyclic) bond motifs is 1. The summed E-state index contributed by atoms with van der Waals surface area (Å²) in [6.07, 6.45) is 1.83. The predicted octanol–water partition coefficient (Wildman–Crippen LogP) is 3.52. The zero-order valence-electron chi connectivity index (χ0n) is 20.2. The van der Waals surface area contributed by atoms with Crippen LogP contribution in [0.25, 0.3) is 10.9 Å². The second kappa shape index (κ2) is 9.33. The zero-order valence-corrected chi connectivity index (χ0v) is 21.0. The van der Waals surface area contributed by atoms with Gasteiger partial charge < -0.3 is 20.1 Å². The van der Waals surface area contributed by atoms with Gasteiger partial charge in [0.05, 0.1) is 12.1 Å². The van der Waals surface area contributed by atoms with Crippen molar-refractivity contribution in [2.24, 2.45) is 7.05 Å². The number of nitrogens with one attached hydrogen (secondary N) is 3. The number of carbonyl (C=O) groups excluding carboxylic acids is 2. The Morgan fingerprint density at radius 2 is 2.11 bits per heavy atom. The van der Waals surface area contributed by atoms with E-state index in [0.717, 1.165) is 16.5 Å². The van der Waals surface area contributed by atoms with Gasteiger partial charge in [0.25, 0.3) is 5.91 Å². The van der Waals surface area contributed by atoms with E-state index in [1.54, 1.807) is 11.9 Å². The summed E-state index contributed by atoms with van der Waals surface area (Å²) in [5.74, 6) is -0.702. The van der Waals surface area contributed by atoms with Crippen molar-refractivity contribution in [2.45, 2.75) is 45.2 Å². The third kappa shape index (κ3) is 4.88. The zero-order chi connectivity index (χ0) is 25.5. The molecule has 1 fully saturated rings. The number of anilines is 1. The van der Waals surface area contributed by atoms with Crippen LogP contribution in [0.3, 0.4) is 0 Å². The molecule has 0 aliphatic carbocycles. The molecule has 1 atom stereocenters. The Balaban J connectivity index is 1.48. The molecule has 11 heteroatoms. The standard InChI is InChI=1S/C24H29ClFN7O2/c1-6-19(34)33-8-7-13(12-33)28-23(35)20-21(26)29-18(32(20)5)11-27-22-14-9-15(24(2,3)4)16(25)10-17(14)30-31-22/h6,9-10,13H,1,7-8,11-12H2,2-5H3,(H,28,35)(H2,27,30,31). The highest BCUT2D eigenvalue weighted by Crippen LogP contribution is 2.34. The van der Waals surface area contributed by atoms with E-state index in [-0.39, 0.29) is 29.6 Å². The van der Waals surface area contributed by atoms with Gasteiger partial charge in [0.2, 0.25) is 11.9 Å². The summed E-state index contributed by atoms with van der Waals surface area (Å²) in [4.78, 5) is 30.1. The lowest BCUT2D eigenvalue weighted by Gasteiger charge is -2.20. The topological polar surface area (TPSA) is 108 Å². The fourth-order valence-corrected chi connectivity index (χ4v) is 4.73. The van der Waals surface area contributed by atoms with E-state index in [4.69, 9.17) is 11.6 Å². The Bertz CT molecular complexity index is 1310. The molecule has 1 aliphatic heterocycles. The van der Waals surface area contributed by atoms with Gasteiger partial charge in [-0.05, 0) is 35.6 Å². The Kier molecular flexibility index (Phi) is 6.59. The van der Waals surface area contributed by atoms with Crippen LogP contribution in [0.2, 0.25) is 5.02 Å². The lowest BCUT2D eigenvalue weighted by molar-refractivity contribution is -0.125. The van der Waals surface area contributed by atoms with Gasteiger partial charge in [0.15, 0.2) is 11.5 Å². The van der Waals surface area contributed by atoms with E-state index in [2.05, 4.69) is 53.2 Å². The van der Waals surface area contributed by atoms with E-state index in [0.29, 0.717) is 36.2 Å². The number of aromatic nitrogens is 4. The fourth-order valence-electron chi connectivity index (χ4n) is 4.28. The molecule has 1 aromatic carbocycles. The molecular weight excluding hydrogens is 473 g/mol. The maximum Gasteiger partial charge on any atom is 0.273 e. The summed E-state index contributed by atoms with van der Waals surface area (Å²) >= 11 is 6.45. The number of halogens is 2. The molecule has 2 amide bonds. The van der Waals surface area contributed by atoms with Crippen LogP contribution >= 0.6 is 11.6 Å². The molecule has 4 rings (SSSR count). The van der Waals surface area contributed by atoms with Crippen LogP contribution < -0.4 is 10.6 Å². The van der Waals surface area contributed by atoms with E-state index in [9.17, 15) is 14.0 Å². The Hall–Kier alpha value is -3.40. The second-order valence-electron chi connectivity index (χ2n) is 9.73. The molecule has 0 bridgehead atoms. The molecule has 2 aromatic heterocycles. The van der Waals surface area contributed by atoms with Crippen LogP contribution in [0.4, 0.5) is 10.2 Å². The summed E-state index contributed by atoms with van der Waals surface area (Å²) in [6.45, 7) is 10.7. The van der Waals surface area contributed by atoms with Crippen molar-refractivity contribution in [1.29, 1.82) is 0 Å². The number of H-pyrrole nitrogens is 1. The van der Waals surface area contributed by atoms with Gasteiger partial charge in [-0.15, -0.1) is 0 Å². The van der Waals surface area contributed by atoms with Crippen LogP contribution in [0.5, 0.6) is 0 Å². The minimum absolute atomic E-state index is 0.152. The van der Waals surface area contributed by atoms with Crippen LogP contribution in [0.15, 0.2) is 24.8 Å². The molecule has 1 unspecified atom stereocenters. The molecule has 0 spiro atoms. The van der Waals surface area contributed by atoms with Crippen molar-refractivity contribution in [3.05, 3.63) is 52.8 Å². The summed E-state index contributed by atoms with van der Waals surface area (Å²) in [7, 11) is 1.59. The third-order valence-electron chi connectivity index (χ3n) is 6.24. The van der Waals surface area contributed by atoms with Crippen molar-refractivity contribution in [3.63, 3.8) is 0 Å². The maximum absolute atomic E-state index is 14.7. The summed E-state index contributed by atoms with van der Waals surface area (Å²) in [6, 6.07) is 3.57. The highest BCUT2D eigenvalue weighted by atomic mass is 35.5. The smallest absolute Gasteiger partial charge is 0.273 e. The molecular formula is C24H29ClFN7O2. The predicted molar refractivity (Wildman–Crippen MR) is 133 cm³/mol. The molecule has 35 heavy (non-hydrogen) atoms. The number of nitrogens with zero attached hydrogens (tertiary/aromatic N) is 4. The minimum Gasteiger partial charge on any atom is -0.361 e. The summed E-state index contributed by atoms with van der Waals surface area (Å²) in [5.41, 5.74) is 1.44. The van der Waals surface area contributed by atoms with Crippen LogP contribution in [0.1, 0.15) is 49.1 Å². The lowest BCUT2D eigenvalue weighted by Crippen LogP contribution is -2.39. The average molecular weight is 502 g/mol. The van der Waals surface area contributed by atoms with Crippen molar-refractivity contribution >= 4 is 40.1 Å². The van der Waals surface area contributed by atoms with Gasteiger partial charge in [-0.2, -0.15) is 9.49 Å². The number of aromatic amines is 1. The highest BCUT2D eigenvalue weighted by Gasteiger charge is 2.29. The highest BCUT2D eigenvalue weighted by molar-refractivity contribution is 6.32. The molecule has 1 aliphatic rings. The summed E-state index contributed by atoms with van der Waals surface area (Å²) in [5, 5.41) is 14.8. The first-order valence-electron chi connectivity index (χ1n) is 11.3. The van der Waals surface area contributed by atoms with E-state index in [1.165, 1.54) is 10.6 Å². The van der Waals surface area contributed by atoms with Crippen molar-refractivity contribution in [1.82, 2.24) is 30.0 Å².